The van der Waals surface area contributed by atoms with Gasteiger partial charge in [0.15, 0.2) is 0 Å². The van der Waals surface area contributed by atoms with Crippen LogP contribution in [0.15, 0.2) is 30.9 Å². The molecule has 0 aliphatic heterocycles. The monoisotopic (exact) mass is 201 g/mol. The highest BCUT2D eigenvalue weighted by Gasteiger charge is 1.96. The van der Waals surface area contributed by atoms with Gasteiger partial charge in [-0.15, -0.1) is 0 Å². The number of anilines is 1. The SMILES string of the molecule is Cc1nccc(CNc2cnccn2)n1. The van der Waals surface area contributed by atoms with E-state index in [2.05, 4.69) is 25.3 Å². The van der Waals surface area contributed by atoms with E-state index in [1.165, 1.54) is 0 Å². The van der Waals surface area contributed by atoms with Gasteiger partial charge >= 0.3 is 0 Å². The Labute approximate surface area is 87.6 Å². The molecule has 0 aliphatic carbocycles. The number of hydrogen-bond acceptors (Lipinski definition) is 5. The van der Waals surface area contributed by atoms with Crippen molar-refractivity contribution in [3.8, 4) is 0 Å². The predicted octanol–water partition coefficient (Wildman–Crippen LogP) is 1.19. The third-order valence-electron chi connectivity index (χ3n) is 1.85. The van der Waals surface area contributed by atoms with Crippen LogP contribution in [-0.2, 0) is 6.54 Å². The Kier molecular flexibility index (Phi) is 2.82. The van der Waals surface area contributed by atoms with E-state index in [0.717, 1.165) is 17.3 Å². The minimum absolute atomic E-state index is 0.627. The Morgan fingerprint density at radius 3 is 2.87 bits per heavy atom. The van der Waals surface area contributed by atoms with Crippen LogP contribution in [0.5, 0.6) is 0 Å². The van der Waals surface area contributed by atoms with Gasteiger partial charge in [0.25, 0.3) is 0 Å². The zero-order valence-corrected chi connectivity index (χ0v) is 8.38. The average molecular weight is 201 g/mol. The Bertz CT molecular complexity index is 429. The molecule has 1 N–H and O–H groups in total. The Morgan fingerprint density at radius 1 is 1.20 bits per heavy atom. The topological polar surface area (TPSA) is 63.6 Å². The third-order valence-corrected chi connectivity index (χ3v) is 1.85. The van der Waals surface area contributed by atoms with E-state index in [9.17, 15) is 0 Å². The van der Waals surface area contributed by atoms with Gasteiger partial charge in [-0.2, -0.15) is 0 Å². The molecule has 0 fully saturated rings. The third kappa shape index (κ3) is 2.70. The molecule has 0 aromatic carbocycles. The van der Waals surface area contributed by atoms with Crippen LogP contribution in [0, 0.1) is 6.92 Å². The zero-order chi connectivity index (χ0) is 10.5. The van der Waals surface area contributed by atoms with E-state index in [4.69, 9.17) is 0 Å². The first kappa shape index (κ1) is 9.51. The summed E-state index contributed by atoms with van der Waals surface area (Å²) >= 11 is 0. The van der Waals surface area contributed by atoms with E-state index in [-0.39, 0.29) is 0 Å². The smallest absolute Gasteiger partial charge is 0.144 e. The van der Waals surface area contributed by atoms with Crippen LogP contribution in [0.3, 0.4) is 0 Å². The van der Waals surface area contributed by atoms with Crippen LogP contribution in [0.25, 0.3) is 0 Å². The molecule has 0 saturated heterocycles. The van der Waals surface area contributed by atoms with E-state index < -0.39 is 0 Å². The summed E-state index contributed by atoms with van der Waals surface area (Å²) in [7, 11) is 0. The minimum Gasteiger partial charge on any atom is -0.363 e. The lowest BCUT2D eigenvalue weighted by Gasteiger charge is -2.03. The molecule has 0 aliphatic rings. The number of nitrogens with one attached hydrogen (secondary N) is 1. The molecule has 0 amide bonds. The molecule has 0 bridgehead atoms. The molecule has 0 spiro atoms. The fourth-order valence-corrected chi connectivity index (χ4v) is 1.18. The van der Waals surface area contributed by atoms with Crippen molar-refractivity contribution in [2.24, 2.45) is 0 Å². The van der Waals surface area contributed by atoms with Gasteiger partial charge in [-0.25, -0.2) is 15.0 Å². The van der Waals surface area contributed by atoms with Crippen LogP contribution in [0.2, 0.25) is 0 Å². The summed E-state index contributed by atoms with van der Waals surface area (Å²) in [4.78, 5) is 16.4. The zero-order valence-electron chi connectivity index (χ0n) is 8.38. The quantitative estimate of drug-likeness (QED) is 0.808. The van der Waals surface area contributed by atoms with Crippen molar-refractivity contribution in [1.29, 1.82) is 0 Å². The number of rotatable bonds is 3. The maximum atomic E-state index is 4.27. The number of aromatic nitrogens is 4. The van der Waals surface area contributed by atoms with Crippen molar-refractivity contribution < 1.29 is 0 Å². The van der Waals surface area contributed by atoms with Crippen molar-refractivity contribution in [3.63, 3.8) is 0 Å². The van der Waals surface area contributed by atoms with Gasteiger partial charge in [0, 0.05) is 18.6 Å². The molecule has 0 saturated carbocycles. The van der Waals surface area contributed by atoms with E-state index in [0.29, 0.717) is 6.54 Å². The molecular weight excluding hydrogens is 190 g/mol. The fourth-order valence-electron chi connectivity index (χ4n) is 1.18. The maximum Gasteiger partial charge on any atom is 0.144 e. The highest BCUT2D eigenvalue weighted by Crippen LogP contribution is 2.01. The summed E-state index contributed by atoms with van der Waals surface area (Å²) in [5.74, 6) is 1.52. The van der Waals surface area contributed by atoms with Crippen molar-refractivity contribution in [1.82, 2.24) is 19.9 Å². The molecule has 15 heavy (non-hydrogen) atoms. The maximum absolute atomic E-state index is 4.27. The molecule has 2 aromatic rings. The Morgan fingerprint density at radius 2 is 2.13 bits per heavy atom. The van der Waals surface area contributed by atoms with Crippen LogP contribution in [-0.4, -0.2) is 19.9 Å². The van der Waals surface area contributed by atoms with Gasteiger partial charge in [0.1, 0.15) is 11.6 Å². The van der Waals surface area contributed by atoms with Crippen molar-refractivity contribution in [2.45, 2.75) is 13.5 Å². The molecule has 0 unspecified atom stereocenters. The first-order chi connectivity index (χ1) is 7.34. The van der Waals surface area contributed by atoms with E-state index >= 15 is 0 Å². The van der Waals surface area contributed by atoms with Crippen molar-refractivity contribution in [3.05, 3.63) is 42.4 Å². The van der Waals surface area contributed by atoms with Gasteiger partial charge in [-0.3, -0.25) is 4.98 Å². The van der Waals surface area contributed by atoms with Gasteiger partial charge in [-0.05, 0) is 13.0 Å². The molecule has 0 atom stereocenters. The summed E-state index contributed by atoms with van der Waals surface area (Å²) < 4.78 is 0. The fraction of sp³-hybridized carbons (Fsp3) is 0.200. The normalized spacial score (nSPS) is 9.93. The van der Waals surface area contributed by atoms with Crippen molar-refractivity contribution in [2.75, 3.05) is 5.32 Å². The van der Waals surface area contributed by atoms with E-state index in [1.54, 1.807) is 24.8 Å². The highest BCUT2D eigenvalue weighted by molar-refractivity contribution is 5.30. The van der Waals surface area contributed by atoms with E-state index in [1.807, 2.05) is 13.0 Å². The summed E-state index contributed by atoms with van der Waals surface area (Å²) in [6.45, 7) is 2.49. The Balaban J connectivity index is 1.99. The molecule has 5 nitrogen and oxygen atoms in total. The minimum atomic E-state index is 0.627. The lowest BCUT2D eigenvalue weighted by Crippen LogP contribution is -2.04. The number of nitrogens with zero attached hydrogens (tertiary/aromatic N) is 4. The first-order valence-corrected chi connectivity index (χ1v) is 4.63. The van der Waals surface area contributed by atoms with Gasteiger partial charge in [-0.1, -0.05) is 0 Å². The van der Waals surface area contributed by atoms with Gasteiger partial charge in [0.2, 0.25) is 0 Å². The Hall–Kier alpha value is -2.04. The molecule has 0 radical (unpaired) electrons. The first-order valence-electron chi connectivity index (χ1n) is 4.63. The largest absolute Gasteiger partial charge is 0.363 e. The molecule has 76 valence electrons. The number of aryl methyl sites for hydroxylation is 1. The standard InChI is InChI=1S/C10H11N5/c1-8-12-3-2-9(15-8)6-14-10-7-11-4-5-13-10/h2-5,7H,6H2,1H3,(H,13,14). The number of hydrogen-bond donors (Lipinski definition) is 1. The predicted molar refractivity (Wildman–Crippen MR) is 56.1 cm³/mol. The van der Waals surface area contributed by atoms with Crippen LogP contribution >= 0.6 is 0 Å². The molecule has 2 rings (SSSR count). The van der Waals surface area contributed by atoms with Crippen LogP contribution in [0.1, 0.15) is 11.5 Å². The van der Waals surface area contributed by atoms with Crippen LogP contribution in [0.4, 0.5) is 5.82 Å². The molecule has 5 heteroatoms. The lowest BCUT2D eigenvalue weighted by molar-refractivity contribution is 0.947. The highest BCUT2D eigenvalue weighted by atomic mass is 15.0. The summed E-state index contributed by atoms with van der Waals surface area (Å²) in [5.41, 5.74) is 0.938. The summed E-state index contributed by atoms with van der Waals surface area (Å²) in [6.07, 6.45) is 6.71. The summed E-state index contributed by atoms with van der Waals surface area (Å²) in [6, 6.07) is 1.87. The van der Waals surface area contributed by atoms with Crippen molar-refractivity contribution >= 4 is 5.82 Å². The molecule has 2 aromatic heterocycles. The second kappa shape index (κ2) is 4.45. The van der Waals surface area contributed by atoms with Crippen LogP contribution < -0.4 is 5.32 Å². The molecular formula is C10H11N5. The second-order valence-corrected chi connectivity index (χ2v) is 3.04. The second-order valence-electron chi connectivity index (χ2n) is 3.04. The molecule has 2 heterocycles. The van der Waals surface area contributed by atoms with Gasteiger partial charge in [0.05, 0.1) is 18.4 Å². The average Bonchev–Trinajstić information content (AvgIpc) is 2.28. The lowest BCUT2D eigenvalue weighted by atomic mass is 10.4. The van der Waals surface area contributed by atoms with Gasteiger partial charge < -0.3 is 5.32 Å². The summed E-state index contributed by atoms with van der Waals surface area (Å²) in [5, 5.41) is 3.12.